The molecule has 2 aromatic rings. The number of Topliss-reactive ketones (excluding diaryl/α,β-unsaturated/α-hetero) is 1. The fraction of sp³-hybridized carbons (Fsp3) is 0.452. The first-order chi connectivity index (χ1) is 21.8. The lowest BCUT2D eigenvalue weighted by molar-refractivity contribution is -0.141. The molecule has 2 fully saturated rings. The van der Waals surface area contributed by atoms with E-state index >= 15 is 8.78 Å². The molecular formula is C31H33ClF4N4O6. The van der Waals surface area contributed by atoms with Gasteiger partial charge in [-0.3, -0.25) is 19.2 Å². The molecule has 4 atom stereocenters. The Morgan fingerprint density at radius 3 is 2.28 bits per heavy atom. The molecule has 0 bridgehead atoms. The second-order valence-corrected chi connectivity index (χ2v) is 11.6. The van der Waals surface area contributed by atoms with Crippen LogP contribution in [0.5, 0.6) is 0 Å². The Bertz CT molecular complexity index is 1430. The zero-order valence-corrected chi connectivity index (χ0v) is 25.2. The van der Waals surface area contributed by atoms with Crippen LogP contribution in [0.1, 0.15) is 55.8 Å². The van der Waals surface area contributed by atoms with Gasteiger partial charge in [-0.15, -0.1) is 0 Å². The Balaban J connectivity index is 1.54. The molecule has 2 aliphatic rings. The van der Waals surface area contributed by atoms with Crippen LogP contribution in [0.2, 0.25) is 5.02 Å². The van der Waals surface area contributed by atoms with Crippen LogP contribution in [0.15, 0.2) is 54.6 Å². The lowest BCUT2D eigenvalue weighted by Gasteiger charge is -2.29. The van der Waals surface area contributed by atoms with Crippen molar-refractivity contribution in [1.82, 2.24) is 21.3 Å². The molecule has 1 unspecified atom stereocenters. The van der Waals surface area contributed by atoms with Crippen molar-refractivity contribution in [3.8, 4) is 0 Å². The number of nitrogens with one attached hydrogen (secondary N) is 4. The maximum Gasteiger partial charge on any atom is 0.408 e. The highest BCUT2D eigenvalue weighted by Gasteiger charge is 2.46. The molecule has 4 rings (SSSR count). The van der Waals surface area contributed by atoms with Crippen molar-refractivity contribution in [2.75, 3.05) is 6.54 Å². The van der Waals surface area contributed by atoms with Crippen LogP contribution in [-0.2, 0) is 29.8 Å². The average Bonchev–Trinajstić information content (AvgIpc) is 3.75. The third kappa shape index (κ3) is 9.41. The van der Waals surface area contributed by atoms with Crippen LogP contribution in [0.3, 0.4) is 0 Å². The summed E-state index contributed by atoms with van der Waals surface area (Å²) in [6.07, 6.45) is -6.81. The van der Waals surface area contributed by atoms with E-state index in [0.29, 0.717) is 25.8 Å². The molecule has 1 saturated heterocycles. The van der Waals surface area contributed by atoms with Crippen molar-refractivity contribution in [2.24, 2.45) is 5.92 Å². The first kappa shape index (κ1) is 34.7. The van der Waals surface area contributed by atoms with E-state index in [1.807, 2.05) is 0 Å². The number of carbonyl (C=O) groups excluding carboxylic acids is 5. The summed E-state index contributed by atoms with van der Waals surface area (Å²) in [6, 6.07) is 8.27. The second kappa shape index (κ2) is 15.4. The van der Waals surface area contributed by atoms with Crippen LogP contribution in [0, 0.1) is 5.92 Å². The SMILES string of the molecule is O=C(N[C@@H](CCC(F)F)C(=O)N[C@@H](C[C@@H]1CCNC1=O)C(=O)C(=O)NC1CC1)OC(c1ccccc1)C(F)(F)c1cccc(Cl)c1. The van der Waals surface area contributed by atoms with E-state index in [9.17, 15) is 32.8 Å². The van der Waals surface area contributed by atoms with Gasteiger partial charge in [0.15, 0.2) is 6.10 Å². The normalized spacial score (nSPS) is 18.2. The van der Waals surface area contributed by atoms with Crippen molar-refractivity contribution >= 4 is 41.2 Å². The van der Waals surface area contributed by atoms with Gasteiger partial charge in [0.25, 0.3) is 5.91 Å². The van der Waals surface area contributed by atoms with E-state index < -0.39 is 84.5 Å². The molecule has 2 aromatic carbocycles. The molecule has 10 nitrogen and oxygen atoms in total. The van der Waals surface area contributed by atoms with Crippen molar-refractivity contribution < 1.29 is 46.3 Å². The minimum atomic E-state index is -3.83. The average molecular weight is 669 g/mol. The fourth-order valence-electron chi connectivity index (χ4n) is 4.97. The zero-order valence-electron chi connectivity index (χ0n) is 24.4. The number of hydrogen-bond acceptors (Lipinski definition) is 6. The molecule has 1 aliphatic carbocycles. The Kier molecular flexibility index (Phi) is 11.6. The summed E-state index contributed by atoms with van der Waals surface area (Å²) in [5.74, 6) is -8.14. The number of alkyl carbamates (subject to hydrolysis) is 1. The molecule has 0 spiro atoms. The standard InChI is InChI=1S/C31H33ClF4N4O6/c32-20-8-4-7-19(16-20)31(35,36)26(17-5-2-1-3-6-17)46-30(45)40-22(11-12-24(33)34)28(43)39-23(15-18-13-14-37-27(18)42)25(41)29(44)38-21-9-10-21/h1-8,16,18,21-24,26H,9-15H2,(H,37,42)(H,38,44)(H,39,43)(H,40,45)/t18-,22-,23-,26?/m0/s1. The number of ether oxygens (including phenoxy) is 1. The highest BCUT2D eigenvalue weighted by atomic mass is 35.5. The lowest BCUT2D eigenvalue weighted by Crippen LogP contribution is -2.55. The summed E-state index contributed by atoms with van der Waals surface area (Å²) >= 11 is 5.91. The lowest BCUT2D eigenvalue weighted by atomic mass is 9.95. The highest BCUT2D eigenvalue weighted by molar-refractivity contribution is 6.38. The fourth-order valence-corrected chi connectivity index (χ4v) is 5.16. The molecule has 1 aliphatic heterocycles. The molecule has 0 radical (unpaired) electrons. The highest BCUT2D eigenvalue weighted by Crippen LogP contribution is 2.43. The summed E-state index contributed by atoms with van der Waals surface area (Å²) in [7, 11) is 0. The number of halogens is 5. The maximum atomic E-state index is 15.8. The van der Waals surface area contributed by atoms with Gasteiger partial charge in [-0.25, -0.2) is 13.6 Å². The largest absolute Gasteiger partial charge is 0.434 e. The molecule has 1 saturated carbocycles. The topological polar surface area (TPSA) is 143 Å². The van der Waals surface area contributed by atoms with Gasteiger partial charge in [0, 0.05) is 35.5 Å². The molecular weight excluding hydrogens is 636 g/mol. The van der Waals surface area contributed by atoms with Gasteiger partial charge in [-0.05, 0) is 49.8 Å². The van der Waals surface area contributed by atoms with Crippen molar-refractivity contribution in [2.45, 2.75) is 75.1 Å². The summed E-state index contributed by atoms with van der Waals surface area (Å²) in [6.45, 7) is 0.319. The number of amides is 4. The summed E-state index contributed by atoms with van der Waals surface area (Å²) < 4.78 is 63.2. The number of alkyl halides is 4. The Morgan fingerprint density at radius 2 is 1.67 bits per heavy atom. The van der Waals surface area contributed by atoms with Gasteiger partial charge in [0.1, 0.15) is 6.04 Å². The van der Waals surface area contributed by atoms with Gasteiger partial charge in [0.2, 0.25) is 24.0 Å². The molecule has 46 heavy (non-hydrogen) atoms. The van der Waals surface area contributed by atoms with Gasteiger partial charge in [-0.1, -0.05) is 54.1 Å². The number of carbonyl (C=O) groups is 5. The van der Waals surface area contributed by atoms with Crippen LogP contribution < -0.4 is 21.3 Å². The van der Waals surface area contributed by atoms with Crippen LogP contribution in [0.25, 0.3) is 0 Å². The van der Waals surface area contributed by atoms with E-state index in [1.54, 1.807) is 6.07 Å². The van der Waals surface area contributed by atoms with Crippen molar-refractivity contribution in [3.63, 3.8) is 0 Å². The van der Waals surface area contributed by atoms with Gasteiger partial charge in [0.05, 0.1) is 6.04 Å². The van der Waals surface area contributed by atoms with Crippen LogP contribution in [-0.4, -0.2) is 60.7 Å². The third-order valence-corrected chi connectivity index (χ3v) is 7.84. The predicted molar refractivity (Wildman–Crippen MR) is 157 cm³/mol. The molecule has 1 heterocycles. The zero-order chi connectivity index (χ0) is 33.4. The first-order valence-corrected chi connectivity index (χ1v) is 15.1. The molecule has 4 amide bonds. The van der Waals surface area contributed by atoms with E-state index in [2.05, 4.69) is 21.3 Å². The Morgan fingerprint density at radius 1 is 0.957 bits per heavy atom. The molecule has 248 valence electrons. The summed E-state index contributed by atoms with van der Waals surface area (Å²) in [5, 5.41) is 9.47. The quantitative estimate of drug-likeness (QED) is 0.166. The van der Waals surface area contributed by atoms with Gasteiger partial charge < -0.3 is 26.0 Å². The van der Waals surface area contributed by atoms with Crippen molar-refractivity contribution in [1.29, 1.82) is 0 Å². The third-order valence-electron chi connectivity index (χ3n) is 7.60. The minimum Gasteiger partial charge on any atom is -0.434 e. The molecule has 15 heteroatoms. The van der Waals surface area contributed by atoms with E-state index in [0.717, 1.165) is 12.1 Å². The molecule has 0 aromatic heterocycles. The summed E-state index contributed by atoms with van der Waals surface area (Å²) in [5.41, 5.74) is -0.686. The van der Waals surface area contributed by atoms with Crippen LogP contribution in [0.4, 0.5) is 22.4 Å². The first-order valence-electron chi connectivity index (χ1n) is 14.7. The number of rotatable bonds is 15. The van der Waals surface area contributed by atoms with E-state index in [4.69, 9.17) is 16.3 Å². The second-order valence-electron chi connectivity index (χ2n) is 11.2. The van der Waals surface area contributed by atoms with Crippen LogP contribution >= 0.6 is 11.6 Å². The number of hydrogen-bond donors (Lipinski definition) is 4. The number of benzene rings is 2. The smallest absolute Gasteiger partial charge is 0.408 e. The molecule has 4 N–H and O–H groups in total. The Labute approximate surface area is 266 Å². The minimum absolute atomic E-state index is 0.00201. The van der Waals surface area contributed by atoms with Crippen molar-refractivity contribution in [3.05, 3.63) is 70.7 Å². The summed E-state index contributed by atoms with van der Waals surface area (Å²) in [4.78, 5) is 64.2. The maximum absolute atomic E-state index is 15.8. The van der Waals surface area contributed by atoms with E-state index in [-0.39, 0.29) is 23.0 Å². The van der Waals surface area contributed by atoms with E-state index in [1.165, 1.54) is 36.4 Å². The monoisotopic (exact) mass is 668 g/mol. The number of ketones is 1. The Hall–Kier alpha value is -4.20. The predicted octanol–water partition coefficient (Wildman–Crippen LogP) is 4.17. The van der Waals surface area contributed by atoms with Gasteiger partial charge >= 0.3 is 12.0 Å². The van der Waals surface area contributed by atoms with Gasteiger partial charge in [-0.2, -0.15) is 8.78 Å².